The van der Waals surface area contributed by atoms with Gasteiger partial charge in [0.25, 0.3) is 11.8 Å². The summed E-state index contributed by atoms with van der Waals surface area (Å²) in [5.74, 6) is -1.30. The molecule has 0 saturated carbocycles. The van der Waals surface area contributed by atoms with Crippen molar-refractivity contribution < 1.29 is 35.9 Å². The van der Waals surface area contributed by atoms with E-state index in [0.29, 0.717) is 0 Å². The lowest BCUT2D eigenvalue weighted by atomic mass is 10.1. The maximum Gasteiger partial charge on any atom is 0.416 e. The van der Waals surface area contributed by atoms with Crippen LogP contribution in [0.25, 0.3) is 27.5 Å². The molecule has 4 nitrogen and oxygen atoms in total. The van der Waals surface area contributed by atoms with Crippen LogP contribution in [0.3, 0.4) is 0 Å². The van der Waals surface area contributed by atoms with Crippen LogP contribution in [0.1, 0.15) is 31.8 Å². The van der Waals surface area contributed by atoms with Crippen LogP contribution >= 0.6 is 0 Å². The van der Waals surface area contributed by atoms with E-state index < -0.39 is 35.3 Å². The Bertz CT molecular complexity index is 1430. The van der Waals surface area contributed by atoms with Crippen LogP contribution in [0, 0.1) is 0 Å². The lowest BCUT2D eigenvalue weighted by Gasteiger charge is -2.14. The smallest absolute Gasteiger partial charge is 0.308 e. The van der Waals surface area contributed by atoms with Gasteiger partial charge in [-0.2, -0.15) is 26.3 Å². The number of hydrogen-bond donors (Lipinski definition) is 0. The minimum atomic E-state index is -4.70. The predicted octanol–water partition coefficient (Wildman–Crippen LogP) is 6.05. The van der Waals surface area contributed by atoms with Crippen LogP contribution in [-0.2, 0) is 12.4 Å². The van der Waals surface area contributed by atoms with Crippen LogP contribution in [-0.4, -0.2) is 28.3 Å². The minimum Gasteiger partial charge on any atom is -0.308 e. The Labute approximate surface area is 181 Å². The molecule has 4 aromatic rings. The van der Waals surface area contributed by atoms with Crippen molar-refractivity contribution in [3.63, 3.8) is 0 Å². The van der Waals surface area contributed by atoms with E-state index in [1.54, 1.807) is 0 Å². The third-order valence-electron chi connectivity index (χ3n) is 5.76. The fraction of sp³-hybridized carbons (Fsp3) is 0.130. The van der Waals surface area contributed by atoms with Gasteiger partial charge >= 0.3 is 12.4 Å². The number of aromatic nitrogens is 1. The van der Waals surface area contributed by atoms with Crippen LogP contribution in [0.15, 0.2) is 54.6 Å². The minimum absolute atomic E-state index is 0.0221. The van der Waals surface area contributed by atoms with Crippen LogP contribution in [0.2, 0.25) is 0 Å². The molecule has 1 aliphatic rings. The van der Waals surface area contributed by atoms with E-state index in [1.165, 1.54) is 41.9 Å². The highest BCUT2D eigenvalue weighted by Gasteiger charge is 2.37. The van der Waals surface area contributed by atoms with Crippen LogP contribution < -0.4 is 0 Å². The number of carbonyl (C=O) groups excluding carboxylic acids is 2. The lowest BCUT2D eigenvalue weighted by Crippen LogP contribution is -2.24. The van der Waals surface area contributed by atoms with Crippen molar-refractivity contribution in [1.29, 1.82) is 0 Å². The summed E-state index contributed by atoms with van der Waals surface area (Å²) >= 11 is 0. The van der Waals surface area contributed by atoms with E-state index in [1.807, 2.05) is 0 Å². The Morgan fingerprint density at radius 1 is 0.697 bits per heavy atom. The van der Waals surface area contributed by atoms with Gasteiger partial charge in [-0.3, -0.25) is 14.5 Å². The second kappa shape index (κ2) is 6.60. The molecule has 0 radical (unpaired) electrons. The first-order chi connectivity index (χ1) is 15.4. The molecule has 5 rings (SSSR count). The molecule has 0 spiro atoms. The molecule has 10 heteroatoms. The highest BCUT2D eigenvalue weighted by atomic mass is 19.4. The molecule has 168 valence electrons. The number of alkyl halides is 6. The van der Waals surface area contributed by atoms with Crippen molar-refractivity contribution >= 4 is 33.6 Å². The maximum atomic E-state index is 13.4. The zero-order valence-corrected chi connectivity index (χ0v) is 16.7. The number of halogens is 6. The summed E-state index contributed by atoms with van der Waals surface area (Å²) in [4.78, 5) is 26.1. The van der Waals surface area contributed by atoms with E-state index in [9.17, 15) is 35.9 Å². The van der Waals surface area contributed by atoms with Gasteiger partial charge in [-0.1, -0.05) is 18.2 Å². The molecule has 0 saturated heterocycles. The van der Waals surface area contributed by atoms with Crippen LogP contribution in [0.4, 0.5) is 26.3 Å². The first-order valence-electron chi connectivity index (χ1n) is 9.58. The van der Waals surface area contributed by atoms with E-state index in [2.05, 4.69) is 0 Å². The summed E-state index contributed by atoms with van der Waals surface area (Å²) in [6.45, 7) is 0. The van der Waals surface area contributed by atoms with Crippen molar-refractivity contribution in [2.75, 3.05) is 7.05 Å². The Morgan fingerprint density at radius 3 is 1.70 bits per heavy atom. The van der Waals surface area contributed by atoms with Gasteiger partial charge in [-0.05, 0) is 36.4 Å². The predicted molar refractivity (Wildman–Crippen MR) is 107 cm³/mol. The number of benzene rings is 3. The number of imide groups is 1. The van der Waals surface area contributed by atoms with Gasteiger partial charge in [0, 0.05) is 17.8 Å². The molecular weight excluding hydrogens is 450 g/mol. The maximum absolute atomic E-state index is 13.4. The number of hydrogen-bond acceptors (Lipinski definition) is 2. The summed E-state index contributed by atoms with van der Waals surface area (Å²) in [6, 6.07) is 9.93. The van der Waals surface area contributed by atoms with Crippen LogP contribution in [0.5, 0.6) is 0 Å². The lowest BCUT2D eigenvalue weighted by molar-refractivity contribution is -0.138. The number of amides is 2. The molecule has 0 N–H and O–H groups in total. The van der Waals surface area contributed by atoms with Crippen molar-refractivity contribution in [3.8, 4) is 5.69 Å². The Kier molecular flexibility index (Phi) is 4.21. The van der Waals surface area contributed by atoms with E-state index in [0.717, 1.165) is 29.2 Å². The average molecular weight is 462 g/mol. The van der Waals surface area contributed by atoms with Gasteiger partial charge in [0.15, 0.2) is 0 Å². The summed E-state index contributed by atoms with van der Waals surface area (Å²) in [6.07, 6.45) is -9.39. The van der Waals surface area contributed by atoms with E-state index in [-0.39, 0.29) is 38.6 Å². The molecule has 3 aromatic carbocycles. The molecule has 33 heavy (non-hydrogen) atoms. The Morgan fingerprint density at radius 2 is 1.21 bits per heavy atom. The van der Waals surface area contributed by atoms with Gasteiger partial charge < -0.3 is 4.57 Å². The van der Waals surface area contributed by atoms with Gasteiger partial charge in [-0.25, -0.2) is 0 Å². The molecular formula is C23H12F6N2O2. The molecule has 1 aliphatic heterocycles. The molecule has 0 aliphatic carbocycles. The van der Waals surface area contributed by atoms with Crippen molar-refractivity contribution in [1.82, 2.24) is 9.47 Å². The van der Waals surface area contributed by atoms with Crippen molar-refractivity contribution in [3.05, 3.63) is 76.9 Å². The van der Waals surface area contributed by atoms with E-state index >= 15 is 0 Å². The normalized spacial score (nSPS) is 14.6. The number of fused-ring (bicyclic) bond motifs is 4. The molecule has 2 heterocycles. The van der Waals surface area contributed by atoms with Gasteiger partial charge in [-0.15, -0.1) is 0 Å². The largest absolute Gasteiger partial charge is 0.416 e. The second-order valence-electron chi connectivity index (χ2n) is 7.66. The highest BCUT2D eigenvalue weighted by Crippen LogP contribution is 2.41. The van der Waals surface area contributed by atoms with Gasteiger partial charge in [0.05, 0.1) is 39.0 Å². The van der Waals surface area contributed by atoms with Crippen molar-refractivity contribution in [2.24, 2.45) is 0 Å². The zero-order valence-electron chi connectivity index (χ0n) is 16.7. The zero-order chi connectivity index (χ0) is 23.9. The van der Waals surface area contributed by atoms with Gasteiger partial charge in [0.1, 0.15) is 0 Å². The Hall–Kier alpha value is -3.82. The standard InChI is InChI=1S/C23H12F6N2O2/c1-30-20(32)15-3-2-4-16(19(15)21(30)33)31-17-9-11(22(24,25)26)5-7-13(17)14-8-6-12(10-18(14)31)23(27,28)29/h2-10H,1H3. The molecule has 2 amide bonds. The second-order valence-corrected chi connectivity index (χ2v) is 7.66. The Balaban J connectivity index is 1.95. The number of carbonyl (C=O) groups is 2. The third-order valence-corrected chi connectivity index (χ3v) is 5.76. The quantitative estimate of drug-likeness (QED) is 0.255. The fourth-order valence-corrected chi connectivity index (χ4v) is 4.20. The summed E-state index contributed by atoms with van der Waals surface area (Å²) in [5, 5.41) is 0.545. The average Bonchev–Trinajstić information content (AvgIpc) is 3.19. The van der Waals surface area contributed by atoms with Gasteiger partial charge in [0.2, 0.25) is 0 Å². The first-order valence-corrected chi connectivity index (χ1v) is 9.58. The monoisotopic (exact) mass is 462 g/mol. The molecule has 1 aromatic heterocycles. The molecule has 0 fully saturated rings. The molecule has 0 unspecified atom stereocenters. The highest BCUT2D eigenvalue weighted by molar-refractivity contribution is 6.23. The third kappa shape index (κ3) is 3.00. The van der Waals surface area contributed by atoms with Crippen molar-refractivity contribution in [2.45, 2.75) is 12.4 Å². The summed E-state index contributed by atoms with van der Waals surface area (Å²) in [7, 11) is 1.25. The topological polar surface area (TPSA) is 42.3 Å². The fourth-order valence-electron chi connectivity index (χ4n) is 4.20. The summed E-state index contributed by atoms with van der Waals surface area (Å²) < 4.78 is 81.9. The molecule has 0 atom stereocenters. The molecule has 0 bridgehead atoms. The number of rotatable bonds is 1. The summed E-state index contributed by atoms with van der Waals surface area (Å²) in [5.41, 5.74) is -2.12. The SMILES string of the molecule is CN1C(=O)c2cccc(-n3c4cc(C(F)(F)F)ccc4c4ccc(C(F)(F)F)cc43)c2C1=O. The first kappa shape index (κ1) is 21.0. The van der Waals surface area contributed by atoms with E-state index in [4.69, 9.17) is 0 Å². The number of nitrogens with zero attached hydrogens (tertiary/aromatic N) is 2.